The van der Waals surface area contributed by atoms with E-state index in [4.69, 9.17) is 5.11 Å². The van der Waals surface area contributed by atoms with Crippen molar-refractivity contribution in [2.24, 2.45) is 0 Å². The Morgan fingerprint density at radius 1 is 1.48 bits per heavy atom. The molecule has 1 heterocycles. The van der Waals surface area contributed by atoms with E-state index in [-0.39, 0.29) is 11.6 Å². The summed E-state index contributed by atoms with van der Waals surface area (Å²) in [6.45, 7) is 0. The van der Waals surface area contributed by atoms with Crippen molar-refractivity contribution in [3.05, 3.63) is 34.3 Å². The minimum atomic E-state index is -0.926. The highest BCUT2D eigenvalue weighted by molar-refractivity contribution is 9.10. The zero-order valence-corrected chi connectivity index (χ0v) is 13.2. The largest absolute Gasteiger partial charge is 0.481 e. The number of thioether (sulfide) groups is 1. The Morgan fingerprint density at radius 2 is 2.24 bits per heavy atom. The Balaban J connectivity index is 2.02. The number of carbonyl (C=O) groups is 1. The van der Waals surface area contributed by atoms with Crippen molar-refractivity contribution >= 4 is 33.7 Å². The molecular formula is C13H11BrFN3O2S. The highest BCUT2D eigenvalue weighted by atomic mass is 79.9. The minimum absolute atomic E-state index is 0.109. The van der Waals surface area contributed by atoms with Gasteiger partial charge >= 0.3 is 5.97 Å². The topological polar surface area (TPSA) is 68.0 Å². The predicted octanol–water partition coefficient (Wildman–Crippen LogP) is 3.22. The first kappa shape index (κ1) is 14.5. The van der Waals surface area contributed by atoms with Gasteiger partial charge in [0, 0.05) is 5.92 Å². The maximum Gasteiger partial charge on any atom is 0.313 e. The van der Waals surface area contributed by atoms with Gasteiger partial charge in [-0.2, -0.15) is 0 Å². The Hall–Kier alpha value is -1.41. The van der Waals surface area contributed by atoms with Crippen molar-refractivity contribution in [3.63, 3.8) is 0 Å². The van der Waals surface area contributed by atoms with Gasteiger partial charge in [-0.25, -0.2) is 4.39 Å². The number of rotatable bonds is 5. The molecule has 1 aromatic heterocycles. The van der Waals surface area contributed by atoms with E-state index in [0.717, 1.165) is 30.4 Å². The molecule has 1 aromatic carbocycles. The molecular weight excluding hydrogens is 361 g/mol. The monoisotopic (exact) mass is 371 g/mol. The molecule has 1 saturated carbocycles. The third-order valence-corrected chi connectivity index (χ3v) is 4.64. The zero-order valence-electron chi connectivity index (χ0n) is 10.8. The SMILES string of the molecule is O=C(O)CSc1nnc(C2CC2)n1-c1ccc(Br)c(F)c1. The predicted molar refractivity (Wildman–Crippen MR) is 79.4 cm³/mol. The summed E-state index contributed by atoms with van der Waals surface area (Å²) in [5.74, 6) is -0.323. The summed E-state index contributed by atoms with van der Waals surface area (Å²) in [6.07, 6.45) is 2.06. The van der Waals surface area contributed by atoms with Gasteiger partial charge in [-0.3, -0.25) is 9.36 Å². The molecule has 3 rings (SSSR count). The average Bonchev–Trinajstić information content (AvgIpc) is 3.20. The summed E-state index contributed by atoms with van der Waals surface area (Å²) in [7, 11) is 0. The lowest BCUT2D eigenvalue weighted by Gasteiger charge is -2.10. The van der Waals surface area contributed by atoms with Crippen LogP contribution in [-0.4, -0.2) is 31.6 Å². The minimum Gasteiger partial charge on any atom is -0.481 e. The van der Waals surface area contributed by atoms with Gasteiger partial charge in [0.05, 0.1) is 15.9 Å². The average molecular weight is 372 g/mol. The van der Waals surface area contributed by atoms with Gasteiger partial charge in [0.15, 0.2) is 5.16 Å². The van der Waals surface area contributed by atoms with Crippen LogP contribution < -0.4 is 0 Å². The van der Waals surface area contributed by atoms with E-state index in [1.807, 2.05) is 0 Å². The smallest absolute Gasteiger partial charge is 0.313 e. The molecule has 0 atom stereocenters. The van der Waals surface area contributed by atoms with Crippen LogP contribution in [0.25, 0.3) is 5.69 Å². The molecule has 110 valence electrons. The molecule has 0 radical (unpaired) electrons. The Bertz CT molecular complexity index is 703. The van der Waals surface area contributed by atoms with Gasteiger partial charge in [-0.1, -0.05) is 11.8 Å². The maximum atomic E-state index is 13.8. The lowest BCUT2D eigenvalue weighted by atomic mass is 10.3. The van der Waals surface area contributed by atoms with Crippen LogP contribution in [-0.2, 0) is 4.79 Å². The van der Waals surface area contributed by atoms with Crippen molar-refractivity contribution in [2.45, 2.75) is 23.9 Å². The highest BCUT2D eigenvalue weighted by Gasteiger charge is 2.31. The van der Waals surface area contributed by atoms with Crippen LogP contribution in [0.5, 0.6) is 0 Å². The van der Waals surface area contributed by atoms with Crippen molar-refractivity contribution in [1.29, 1.82) is 0 Å². The summed E-state index contributed by atoms with van der Waals surface area (Å²) in [5.41, 5.74) is 0.607. The molecule has 5 nitrogen and oxygen atoms in total. The van der Waals surface area contributed by atoms with E-state index in [1.54, 1.807) is 16.7 Å². The molecule has 1 aliphatic rings. The molecule has 0 saturated heterocycles. The van der Waals surface area contributed by atoms with Gasteiger partial charge in [0.1, 0.15) is 11.6 Å². The number of aliphatic carboxylic acids is 1. The number of benzene rings is 1. The van der Waals surface area contributed by atoms with E-state index in [2.05, 4.69) is 26.1 Å². The maximum absolute atomic E-state index is 13.8. The lowest BCUT2D eigenvalue weighted by Crippen LogP contribution is -2.04. The number of nitrogens with zero attached hydrogens (tertiary/aromatic N) is 3. The molecule has 0 amide bonds. The van der Waals surface area contributed by atoms with Gasteiger partial charge in [-0.15, -0.1) is 10.2 Å². The quantitative estimate of drug-likeness (QED) is 0.817. The van der Waals surface area contributed by atoms with E-state index in [0.29, 0.717) is 21.2 Å². The second-order valence-electron chi connectivity index (χ2n) is 4.73. The van der Waals surface area contributed by atoms with Crippen molar-refractivity contribution in [1.82, 2.24) is 14.8 Å². The normalized spacial score (nSPS) is 14.4. The molecule has 1 N–H and O–H groups in total. The number of hydrogen-bond acceptors (Lipinski definition) is 4. The summed E-state index contributed by atoms with van der Waals surface area (Å²) in [4.78, 5) is 10.7. The molecule has 8 heteroatoms. The summed E-state index contributed by atoms with van der Waals surface area (Å²) >= 11 is 4.20. The zero-order chi connectivity index (χ0) is 15.0. The van der Waals surface area contributed by atoms with E-state index in [9.17, 15) is 9.18 Å². The molecule has 21 heavy (non-hydrogen) atoms. The van der Waals surface area contributed by atoms with Crippen molar-refractivity contribution in [3.8, 4) is 5.69 Å². The molecule has 2 aromatic rings. The second-order valence-corrected chi connectivity index (χ2v) is 6.53. The Morgan fingerprint density at radius 3 is 2.86 bits per heavy atom. The fourth-order valence-electron chi connectivity index (χ4n) is 1.97. The van der Waals surface area contributed by atoms with Gasteiger partial charge < -0.3 is 5.11 Å². The van der Waals surface area contributed by atoms with Gasteiger partial charge in [0.2, 0.25) is 0 Å². The van der Waals surface area contributed by atoms with Gasteiger partial charge in [-0.05, 0) is 47.0 Å². The van der Waals surface area contributed by atoms with E-state index < -0.39 is 5.97 Å². The first-order chi connectivity index (χ1) is 10.1. The molecule has 1 fully saturated rings. The van der Waals surface area contributed by atoms with Crippen molar-refractivity contribution in [2.75, 3.05) is 5.75 Å². The third kappa shape index (κ3) is 3.11. The van der Waals surface area contributed by atoms with E-state index in [1.165, 1.54) is 6.07 Å². The summed E-state index contributed by atoms with van der Waals surface area (Å²) < 4.78 is 15.9. The molecule has 0 aliphatic heterocycles. The standard InChI is InChI=1S/C13H11BrFN3O2S/c14-9-4-3-8(5-10(9)15)18-12(7-1-2-7)16-17-13(18)21-6-11(19)20/h3-5,7H,1-2,6H2,(H,19,20). The summed E-state index contributed by atoms with van der Waals surface area (Å²) in [5, 5.41) is 17.5. The van der Waals surface area contributed by atoms with Crippen molar-refractivity contribution < 1.29 is 14.3 Å². The number of aromatic nitrogens is 3. The summed E-state index contributed by atoms with van der Waals surface area (Å²) in [6, 6.07) is 4.77. The lowest BCUT2D eigenvalue weighted by molar-refractivity contribution is -0.133. The Kier molecular flexibility index (Phi) is 3.99. The van der Waals surface area contributed by atoms with Crippen LogP contribution in [0, 0.1) is 5.82 Å². The van der Waals surface area contributed by atoms with Crippen LogP contribution in [0.1, 0.15) is 24.6 Å². The molecule has 0 spiro atoms. The Labute approximate surface area is 132 Å². The fourth-order valence-corrected chi connectivity index (χ4v) is 2.90. The number of carboxylic acids is 1. The van der Waals surface area contributed by atoms with Gasteiger partial charge in [0.25, 0.3) is 0 Å². The molecule has 1 aliphatic carbocycles. The van der Waals surface area contributed by atoms with Crippen LogP contribution in [0.15, 0.2) is 27.8 Å². The van der Waals surface area contributed by atoms with E-state index >= 15 is 0 Å². The fraction of sp³-hybridized carbons (Fsp3) is 0.308. The number of hydrogen-bond donors (Lipinski definition) is 1. The number of carboxylic acid groups (broad SMARTS) is 1. The molecule has 0 bridgehead atoms. The van der Waals surface area contributed by atoms with Crippen LogP contribution >= 0.6 is 27.7 Å². The van der Waals surface area contributed by atoms with Crippen LogP contribution in [0.4, 0.5) is 4.39 Å². The third-order valence-electron chi connectivity index (χ3n) is 3.09. The molecule has 0 unspecified atom stereocenters. The second kappa shape index (κ2) is 5.76. The highest BCUT2D eigenvalue weighted by Crippen LogP contribution is 2.41. The number of halogens is 2. The van der Waals surface area contributed by atoms with Crippen LogP contribution in [0.3, 0.4) is 0 Å². The first-order valence-electron chi connectivity index (χ1n) is 6.31. The first-order valence-corrected chi connectivity index (χ1v) is 8.09. The van der Waals surface area contributed by atoms with Crippen LogP contribution in [0.2, 0.25) is 0 Å².